The van der Waals surface area contributed by atoms with E-state index >= 15 is 0 Å². The monoisotopic (exact) mass is 381 g/mol. The molecule has 0 N–H and O–H groups in total. The summed E-state index contributed by atoms with van der Waals surface area (Å²) in [6, 6.07) is 6.41. The Morgan fingerprint density at radius 3 is 2.43 bits per heavy atom. The van der Waals surface area contributed by atoms with E-state index in [1.807, 2.05) is 16.8 Å². The molecule has 0 atom stereocenters. The van der Waals surface area contributed by atoms with Crippen molar-refractivity contribution in [2.75, 3.05) is 49.6 Å². The Balaban J connectivity index is 1.60. The van der Waals surface area contributed by atoms with E-state index in [-0.39, 0.29) is 5.91 Å². The van der Waals surface area contributed by atoms with Crippen LogP contribution in [0.3, 0.4) is 0 Å². The Bertz CT molecular complexity index is 797. The molecule has 1 amide bonds. The van der Waals surface area contributed by atoms with Gasteiger partial charge in [0.05, 0.1) is 5.56 Å². The predicted octanol–water partition coefficient (Wildman–Crippen LogP) is 3.29. The SMILES string of the molecule is CCCCN(C)c1ncc(C(=O)N2CCN(c3cccc(C)c3C)CC2)cn1. The van der Waals surface area contributed by atoms with Crippen LogP contribution in [0.4, 0.5) is 11.6 Å². The van der Waals surface area contributed by atoms with Crippen molar-refractivity contribution in [2.24, 2.45) is 0 Å². The zero-order valence-electron chi connectivity index (χ0n) is 17.5. The number of amides is 1. The van der Waals surface area contributed by atoms with Crippen molar-refractivity contribution < 1.29 is 4.79 Å². The highest BCUT2D eigenvalue weighted by Gasteiger charge is 2.23. The number of aryl methyl sites for hydroxylation is 1. The van der Waals surface area contributed by atoms with Crippen molar-refractivity contribution in [1.29, 1.82) is 0 Å². The van der Waals surface area contributed by atoms with Gasteiger partial charge in [-0.1, -0.05) is 25.5 Å². The second-order valence-electron chi connectivity index (χ2n) is 7.55. The van der Waals surface area contributed by atoms with Gasteiger partial charge in [-0.15, -0.1) is 0 Å². The molecule has 0 bridgehead atoms. The number of benzene rings is 1. The first-order valence-electron chi connectivity index (χ1n) is 10.1. The Kier molecular flexibility index (Phi) is 6.49. The topological polar surface area (TPSA) is 52.6 Å². The second-order valence-corrected chi connectivity index (χ2v) is 7.55. The van der Waals surface area contributed by atoms with Gasteiger partial charge in [0.1, 0.15) is 0 Å². The summed E-state index contributed by atoms with van der Waals surface area (Å²) >= 11 is 0. The number of rotatable bonds is 6. The van der Waals surface area contributed by atoms with Crippen LogP contribution >= 0.6 is 0 Å². The molecular weight excluding hydrogens is 350 g/mol. The maximum Gasteiger partial charge on any atom is 0.257 e. The van der Waals surface area contributed by atoms with E-state index in [9.17, 15) is 4.79 Å². The summed E-state index contributed by atoms with van der Waals surface area (Å²) in [5.74, 6) is 0.688. The number of aromatic nitrogens is 2. The summed E-state index contributed by atoms with van der Waals surface area (Å²) in [5, 5.41) is 0. The minimum atomic E-state index is 0.0170. The van der Waals surface area contributed by atoms with Crippen LogP contribution in [0.5, 0.6) is 0 Å². The van der Waals surface area contributed by atoms with E-state index in [0.29, 0.717) is 24.6 Å². The Labute approximate surface area is 168 Å². The first kappa shape index (κ1) is 20.1. The lowest BCUT2D eigenvalue weighted by molar-refractivity contribution is 0.0746. The molecule has 2 aromatic rings. The zero-order chi connectivity index (χ0) is 20.1. The predicted molar refractivity (Wildman–Crippen MR) is 114 cm³/mol. The van der Waals surface area contributed by atoms with Gasteiger partial charge < -0.3 is 14.7 Å². The number of unbranched alkanes of at least 4 members (excludes halogenated alkanes) is 1. The lowest BCUT2D eigenvalue weighted by Gasteiger charge is -2.37. The van der Waals surface area contributed by atoms with Gasteiger partial charge in [0.2, 0.25) is 5.95 Å². The number of hydrogen-bond donors (Lipinski definition) is 0. The molecule has 0 spiro atoms. The van der Waals surface area contributed by atoms with Gasteiger partial charge in [-0.2, -0.15) is 0 Å². The summed E-state index contributed by atoms with van der Waals surface area (Å²) in [6.07, 6.45) is 5.55. The molecule has 0 saturated carbocycles. The molecule has 3 rings (SSSR count). The molecule has 2 heterocycles. The Morgan fingerprint density at radius 2 is 1.79 bits per heavy atom. The first-order valence-corrected chi connectivity index (χ1v) is 10.1. The number of hydrogen-bond acceptors (Lipinski definition) is 5. The molecule has 0 aliphatic carbocycles. The summed E-state index contributed by atoms with van der Waals surface area (Å²) < 4.78 is 0. The third-order valence-electron chi connectivity index (χ3n) is 5.56. The van der Waals surface area contributed by atoms with Crippen LogP contribution in [0.2, 0.25) is 0 Å². The lowest BCUT2D eigenvalue weighted by atomic mass is 10.1. The third-order valence-corrected chi connectivity index (χ3v) is 5.56. The van der Waals surface area contributed by atoms with Crippen molar-refractivity contribution in [2.45, 2.75) is 33.6 Å². The average Bonchev–Trinajstić information content (AvgIpc) is 2.73. The van der Waals surface area contributed by atoms with Gasteiger partial charge in [-0.25, -0.2) is 9.97 Å². The zero-order valence-corrected chi connectivity index (χ0v) is 17.5. The van der Waals surface area contributed by atoms with Crippen LogP contribution in [0, 0.1) is 13.8 Å². The van der Waals surface area contributed by atoms with E-state index in [1.54, 1.807) is 12.4 Å². The van der Waals surface area contributed by atoms with E-state index < -0.39 is 0 Å². The van der Waals surface area contributed by atoms with Crippen molar-refractivity contribution in [3.63, 3.8) is 0 Å². The van der Waals surface area contributed by atoms with E-state index in [2.05, 4.69) is 53.8 Å². The molecule has 1 aliphatic rings. The maximum atomic E-state index is 12.8. The number of nitrogens with zero attached hydrogens (tertiary/aromatic N) is 5. The molecule has 1 aliphatic heterocycles. The minimum Gasteiger partial charge on any atom is -0.368 e. The van der Waals surface area contributed by atoms with Crippen molar-refractivity contribution in [3.8, 4) is 0 Å². The first-order chi connectivity index (χ1) is 13.5. The molecule has 28 heavy (non-hydrogen) atoms. The quantitative estimate of drug-likeness (QED) is 0.768. The highest BCUT2D eigenvalue weighted by molar-refractivity contribution is 5.93. The maximum absolute atomic E-state index is 12.8. The number of carbonyl (C=O) groups is 1. The standard InChI is InChI=1S/C22H31N5O/c1-5-6-10-25(4)22-23-15-19(16-24-22)21(28)27-13-11-26(12-14-27)20-9-7-8-17(2)18(20)3/h7-9,15-16H,5-6,10-14H2,1-4H3. The second kappa shape index (κ2) is 9.04. The fraction of sp³-hybridized carbons (Fsp3) is 0.500. The average molecular weight is 382 g/mol. The fourth-order valence-electron chi connectivity index (χ4n) is 3.54. The van der Waals surface area contributed by atoms with E-state index in [1.165, 1.54) is 16.8 Å². The largest absolute Gasteiger partial charge is 0.368 e. The Hall–Kier alpha value is -2.63. The molecule has 1 aromatic carbocycles. The van der Waals surface area contributed by atoms with E-state index in [4.69, 9.17) is 0 Å². The van der Waals surface area contributed by atoms with Crippen LogP contribution in [0.25, 0.3) is 0 Å². The highest BCUT2D eigenvalue weighted by atomic mass is 16.2. The molecule has 1 saturated heterocycles. The molecule has 0 unspecified atom stereocenters. The Morgan fingerprint density at radius 1 is 1.11 bits per heavy atom. The van der Waals surface area contributed by atoms with Crippen LogP contribution in [-0.4, -0.2) is 60.5 Å². The highest BCUT2D eigenvalue weighted by Crippen LogP contribution is 2.24. The van der Waals surface area contributed by atoms with Gasteiger partial charge in [-0.05, 0) is 37.5 Å². The normalized spacial score (nSPS) is 14.3. The number of anilines is 2. The van der Waals surface area contributed by atoms with Crippen LogP contribution in [-0.2, 0) is 0 Å². The van der Waals surface area contributed by atoms with Gasteiger partial charge in [0.25, 0.3) is 5.91 Å². The minimum absolute atomic E-state index is 0.0170. The summed E-state index contributed by atoms with van der Waals surface area (Å²) in [4.78, 5) is 27.9. The van der Waals surface area contributed by atoms with Gasteiger partial charge in [-0.3, -0.25) is 4.79 Å². The third kappa shape index (κ3) is 4.43. The van der Waals surface area contributed by atoms with Gasteiger partial charge in [0, 0.05) is 57.9 Å². The van der Waals surface area contributed by atoms with Gasteiger partial charge >= 0.3 is 0 Å². The van der Waals surface area contributed by atoms with Gasteiger partial charge in [0.15, 0.2) is 0 Å². The molecule has 6 heteroatoms. The van der Waals surface area contributed by atoms with Crippen LogP contribution < -0.4 is 9.80 Å². The molecular formula is C22H31N5O. The number of piperazine rings is 1. The summed E-state index contributed by atoms with van der Waals surface area (Å²) in [6.45, 7) is 10.5. The van der Waals surface area contributed by atoms with Crippen LogP contribution in [0.15, 0.2) is 30.6 Å². The van der Waals surface area contributed by atoms with Crippen molar-refractivity contribution in [3.05, 3.63) is 47.3 Å². The molecule has 6 nitrogen and oxygen atoms in total. The fourth-order valence-corrected chi connectivity index (χ4v) is 3.54. The van der Waals surface area contributed by atoms with E-state index in [0.717, 1.165) is 32.5 Å². The molecule has 1 aromatic heterocycles. The summed E-state index contributed by atoms with van der Waals surface area (Å²) in [7, 11) is 1.99. The van der Waals surface area contributed by atoms with Crippen molar-refractivity contribution in [1.82, 2.24) is 14.9 Å². The number of carbonyl (C=O) groups excluding carboxylic acids is 1. The molecule has 150 valence electrons. The van der Waals surface area contributed by atoms with Crippen LogP contribution in [0.1, 0.15) is 41.3 Å². The molecule has 1 fully saturated rings. The smallest absolute Gasteiger partial charge is 0.257 e. The van der Waals surface area contributed by atoms with Crippen molar-refractivity contribution >= 4 is 17.5 Å². The summed E-state index contributed by atoms with van der Waals surface area (Å²) in [5.41, 5.74) is 4.46. The molecule has 0 radical (unpaired) electrons. The lowest BCUT2D eigenvalue weighted by Crippen LogP contribution is -2.49.